The van der Waals surface area contributed by atoms with E-state index in [2.05, 4.69) is 0 Å². The molecular formula is C19H17F4NO3. The second kappa shape index (κ2) is 8.66. The van der Waals surface area contributed by atoms with E-state index < -0.39 is 36.0 Å². The van der Waals surface area contributed by atoms with Gasteiger partial charge in [0, 0.05) is 19.2 Å². The van der Waals surface area contributed by atoms with E-state index in [9.17, 15) is 27.2 Å². The number of rotatable bonds is 6. The summed E-state index contributed by atoms with van der Waals surface area (Å²) >= 11 is 0. The Labute approximate surface area is 153 Å². The molecule has 2 aromatic carbocycles. The van der Waals surface area contributed by atoms with Crippen LogP contribution in [0.15, 0.2) is 48.5 Å². The van der Waals surface area contributed by atoms with Gasteiger partial charge in [0.1, 0.15) is 5.82 Å². The van der Waals surface area contributed by atoms with E-state index in [-0.39, 0.29) is 13.0 Å². The maximum Gasteiger partial charge on any atom is 0.416 e. The van der Waals surface area contributed by atoms with Crippen molar-refractivity contribution in [1.29, 1.82) is 0 Å². The highest BCUT2D eigenvalue weighted by Gasteiger charge is 2.30. The van der Waals surface area contributed by atoms with Crippen molar-refractivity contribution in [2.75, 3.05) is 13.7 Å². The molecule has 1 amide bonds. The number of ether oxygens (including phenoxy) is 1. The van der Waals surface area contributed by atoms with E-state index in [0.29, 0.717) is 11.1 Å². The number of amides is 1. The van der Waals surface area contributed by atoms with Crippen LogP contribution >= 0.6 is 0 Å². The lowest BCUT2D eigenvalue weighted by Crippen LogP contribution is -2.31. The van der Waals surface area contributed by atoms with Gasteiger partial charge in [0.2, 0.25) is 0 Å². The molecule has 8 heteroatoms. The van der Waals surface area contributed by atoms with Crippen LogP contribution in [0.3, 0.4) is 0 Å². The molecule has 2 aromatic rings. The summed E-state index contributed by atoms with van der Waals surface area (Å²) in [6.45, 7) is -0.521. The highest BCUT2D eigenvalue weighted by atomic mass is 19.4. The maximum atomic E-state index is 13.6. The third kappa shape index (κ3) is 6.09. The highest BCUT2D eigenvalue weighted by molar-refractivity contribution is 5.81. The third-order valence-electron chi connectivity index (χ3n) is 3.78. The van der Waals surface area contributed by atoms with Crippen molar-refractivity contribution in [2.45, 2.75) is 19.1 Å². The predicted molar refractivity (Wildman–Crippen MR) is 89.0 cm³/mol. The van der Waals surface area contributed by atoms with E-state index in [1.54, 1.807) is 6.07 Å². The Kier molecular flexibility index (Phi) is 6.55. The normalized spacial score (nSPS) is 11.1. The molecule has 0 heterocycles. The van der Waals surface area contributed by atoms with Crippen molar-refractivity contribution in [3.05, 3.63) is 71.0 Å². The van der Waals surface area contributed by atoms with Gasteiger partial charge in [0.05, 0.1) is 12.0 Å². The fourth-order valence-corrected chi connectivity index (χ4v) is 2.25. The van der Waals surface area contributed by atoms with Gasteiger partial charge >= 0.3 is 12.1 Å². The molecule has 0 unspecified atom stereocenters. The molecule has 4 nitrogen and oxygen atoms in total. The van der Waals surface area contributed by atoms with Gasteiger partial charge in [0.15, 0.2) is 6.61 Å². The molecule has 0 saturated carbocycles. The first-order chi connectivity index (χ1) is 12.7. The fraction of sp³-hybridized carbons (Fsp3) is 0.263. The van der Waals surface area contributed by atoms with Gasteiger partial charge in [-0.3, -0.25) is 9.59 Å². The van der Waals surface area contributed by atoms with E-state index in [1.807, 2.05) is 0 Å². The molecule has 0 N–H and O–H groups in total. The summed E-state index contributed by atoms with van der Waals surface area (Å²) in [5.74, 6) is -1.72. The first kappa shape index (κ1) is 20.4. The molecule has 0 aliphatic rings. The number of hydrogen-bond acceptors (Lipinski definition) is 3. The van der Waals surface area contributed by atoms with Gasteiger partial charge in [-0.25, -0.2) is 4.39 Å². The molecule has 27 heavy (non-hydrogen) atoms. The van der Waals surface area contributed by atoms with E-state index >= 15 is 0 Å². The van der Waals surface area contributed by atoms with Crippen LogP contribution in [0.2, 0.25) is 0 Å². The summed E-state index contributed by atoms with van der Waals surface area (Å²) < 4.78 is 55.9. The van der Waals surface area contributed by atoms with Crippen LogP contribution in [-0.4, -0.2) is 30.4 Å². The average molecular weight is 383 g/mol. The summed E-state index contributed by atoms with van der Waals surface area (Å²) in [5.41, 5.74) is -0.158. The number of halogens is 4. The molecule has 0 aliphatic carbocycles. The third-order valence-corrected chi connectivity index (χ3v) is 3.78. The smallest absolute Gasteiger partial charge is 0.416 e. The SMILES string of the molecule is CN(Cc1ccccc1F)C(=O)COC(=O)Cc1ccc(C(F)(F)F)cc1. The van der Waals surface area contributed by atoms with Crippen LogP contribution in [0.5, 0.6) is 0 Å². The summed E-state index contributed by atoms with van der Waals surface area (Å²) in [7, 11) is 1.44. The van der Waals surface area contributed by atoms with Gasteiger partial charge < -0.3 is 9.64 Å². The Morgan fingerprint density at radius 3 is 2.26 bits per heavy atom. The highest BCUT2D eigenvalue weighted by Crippen LogP contribution is 2.29. The molecule has 0 fully saturated rings. The lowest BCUT2D eigenvalue weighted by atomic mass is 10.1. The number of likely N-dealkylation sites (N-methyl/N-ethyl adjacent to an activating group) is 1. The zero-order valence-corrected chi connectivity index (χ0v) is 14.4. The van der Waals surface area contributed by atoms with Crippen molar-refractivity contribution in [3.63, 3.8) is 0 Å². The van der Waals surface area contributed by atoms with Crippen LogP contribution in [0.4, 0.5) is 17.6 Å². The van der Waals surface area contributed by atoms with Crippen LogP contribution in [0.25, 0.3) is 0 Å². The molecule has 144 valence electrons. The standard InChI is InChI=1S/C19H17F4NO3/c1-24(11-14-4-2-3-5-16(14)20)17(25)12-27-18(26)10-13-6-8-15(9-7-13)19(21,22)23/h2-9H,10-12H2,1H3. The Hall–Kier alpha value is -2.90. The van der Waals surface area contributed by atoms with Crippen LogP contribution < -0.4 is 0 Å². The van der Waals surface area contributed by atoms with Crippen molar-refractivity contribution in [2.24, 2.45) is 0 Å². The van der Waals surface area contributed by atoms with Crippen LogP contribution in [0, 0.1) is 5.82 Å². The number of alkyl halides is 3. The lowest BCUT2D eigenvalue weighted by Gasteiger charge is -2.17. The minimum atomic E-state index is -4.45. The molecule has 2 rings (SSSR count). The van der Waals surface area contributed by atoms with E-state index in [1.165, 1.54) is 42.3 Å². The van der Waals surface area contributed by atoms with E-state index in [4.69, 9.17) is 4.74 Å². The van der Waals surface area contributed by atoms with Crippen molar-refractivity contribution >= 4 is 11.9 Å². The van der Waals surface area contributed by atoms with Gasteiger partial charge in [-0.1, -0.05) is 30.3 Å². The summed E-state index contributed by atoms with van der Waals surface area (Å²) in [6.07, 6.45) is -4.71. The summed E-state index contributed by atoms with van der Waals surface area (Å²) in [4.78, 5) is 24.9. The average Bonchev–Trinajstić information content (AvgIpc) is 2.61. The summed E-state index contributed by atoms with van der Waals surface area (Å²) in [5, 5.41) is 0. The minimum Gasteiger partial charge on any atom is -0.455 e. The molecule has 0 atom stereocenters. The minimum absolute atomic E-state index is 0.0158. The van der Waals surface area contributed by atoms with Crippen molar-refractivity contribution < 1.29 is 31.9 Å². The Balaban J connectivity index is 1.82. The Bertz CT molecular complexity index is 803. The molecule has 0 aromatic heterocycles. The van der Waals surface area contributed by atoms with E-state index in [0.717, 1.165) is 12.1 Å². The number of hydrogen-bond donors (Lipinski definition) is 0. The number of carbonyl (C=O) groups is 2. The largest absolute Gasteiger partial charge is 0.455 e. The molecule has 0 radical (unpaired) electrons. The van der Waals surface area contributed by atoms with Gasteiger partial charge in [0.25, 0.3) is 5.91 Å². The number of esters is 1. The zero-order chi connectivity index (χ0) is 20.0. The van der Waals surface area contributed by atoms with Crippen molar-refractivity contribution in [1.82, 2.24) is 4.90 Å². The van der Waals surface area contributed by atoms with Crippen molar-refractivity contribution in [3.8, 4) is 0 Å². The first-order valence-electron chi connectivity index (χ1n) is 7.96. The lowest BCUT2D eigenvalue weighted by molar-refractivity contribution is -0.151. The topological polar surface area (TPSA) is 46.6 Å². The van der Waals surface area contributed by atoms with Crippen LogP contribution in [0.1, 0.15) is 16.7 Å². The number of benzene rings is 2. The number of nitrogens with zero attached hydrogens (tertiary/aromatic N) is 1. The first-order valence-corrected chi connectivity index (χ1v) is 7.96. The van der Waals surface area contributed by atoms with Gasteiger partial charge in [-0.2, -0.15) is 13.2 Å². The monoisotopic (exact) mass is 383 g/mol. The molecule has 0 aliphatic heterocycles. The number of carbonyl (C=O) groups excluding carboxylic acids is 2. The molecule has 0 spiro atoms. The molecular weight excluding hydrogens is 366 g/mol. The molecule has 0 bridgehead atoms. The second-order valence-electron chi connectivity index (χ2n) is 5.87. The second-order valence-corrected chi connectivity index (χ2v) is 5.87. The van der Waals surface area contributed by atoms with Crippen LogP contribution in [-0.2, 0) is 33.5 Å². The Morgan fingerprint density at radius 1 is 1.04 bits per heavy atom. The zero-order valence-electron chi connectivity index (χ0n) is 14.4. The van der Waals surface area contributed by atoms with Gasteiger partial charge in [-0.05, 0) is 23.8 Å². The summed E-state index contributed by atoms with van der Waals surface area (Å²) in [6, 6.07) is 10.1. The quantitative estimate of drug-likeness (QED) is 0.566. The fourth-order valence-electron chi connectivity index (χ4n) is 2.25. The Morgan fingerprint density at radius 2 is 1.67 bits per heavy atom. The maximum absolute atomic E-state index is 13.6. The van der Waals surface area contributed by atoms with Gasteiger partial charge in [-0.15, -0.1) is 0 Å². The predicted octanol–water partition coefficient (Wildman–Crippen LogP) is 3.59. The molecule has 0 saturated heterocycles.